The Bertz CT molecular complexity index is 206. The summed E-state index contributed by atoms with van der Waals surface area (Å²) >= 11 is 0. The molecule has 0 bridgehead atoms. The fourth-order valence-electron chi connectivity index (χ4n) is 1.51. The molecule has 2 N–H and O–H groups in total. The highest BCUT2D eigenvalue weighted by atomic mass is 28.4. The highest BCUT2D eigenvalue weighted by molar-refractivity contribution is 6.69. The Hall–Kier alpha value is 0.0969. The van der Waals surface area contributed by atoms with Crippen molar-refractivity contribution >= 4 is 8.32 Å². The summed E-state index contributed by atoms with van der Waals surface area (Å²) in [4.78, 5) is 0. The van der Waals surface area contributed by atoms with Crippen LogP contribution in [0.15, 0.2) is 0 Å². The van der Waals surface area contributed by atoms with Crippen molar-refractivity contribution in [3.63, 3.8) is 0 Å². The summed E-state index contributed by atoms with van der Waals surface area (Å²) in [7, 11) is -1.39. The van der Waals surface area contributed by atoms with Crippen LogP contribution in [0.1, 0.15) is 40.0 Å². The molecule has 0 saturated carbocycles. The molecule has 4 heteroatoms. The third kappa shape index (κ3) is 9.77. The number of hydrogen-bond acceptors (Lipinski definition) is 3. The van der Waals surface area contributed by atoms with Crippen molar-refractivity contribution in [2.24, 2.45) is 5.92 Å². The molecular weight excluding hydrogens is 232 g/mol. The van der Waals surface area contributed by atoms with Gasteiger partial charge in [-0.15, -0.1) is 0 Å². The molecule has 0 rings (SSSR count). The van der Waals surface area contributed by atoms with Crippen molar-refractivity contribution in [2.75, 3.05) is 6.61 Å². The first-order valence-electron chi connectivity index (χ1n) is 6.57. The van der Waals surface area contributed by atoms with Crippen LogP contribution in [0.25, 0.3) is 0 Å². The molecule has 3 nitrogen and oxygen atoms in total. The average molecular weight is 262 g/mol. The van der Waals surface area contributed by atoms with Crippen LogP contribution in [-0.2, 0) is 4.43 Å². The molecule has 0 aliphatic heterocycles. The Kier molecular flexibility index (Phi) is 6.92. The van der Waals surface area contributed by atoms with E-state index >= 15 is 0 Å². The minimum atomic E-state index is -1.39. The molecule has 0 spiro atoms. The van der Waals surface area contributed by atoms with Gasteiger partial charge in [0.25, 0.3) is 0 Å². The van der Waals surface area contributed by atoms with Crippen molar-refractivity contribution in [2.45, 2.75) is 71.4 Å². The molecule has 0 aliphatic rings. The molecule has 104 valence electrons. The molecule has 0 heterocycles. The van der Waals surface area contributed by atoms with Crippen molar-refractivity contribution in [1.29, 1.82) is 0 Å². The summed E-state index contributed by atoms with van der Waals surface area (Å²) in [5.41, 5.74) is -0.992. The van der Waals surface area contributed by atoms with Gasteiger partial charge in [0.1, 0.15) is 0 Å². The van der Waals surface area contributed by atoms with Crippen molar-refractivity contribution in [1.82, 2.24) is 0 Å². The number of aliphatic hydroxyl groups is 2. The standard InChI is InChI=1S/C13H30O3Si/c1-11(9-10-16-17(4,5)6)7-8-12(14)13(2,3)15/h11-12,14-15H,7-10H2,1-6H3. The number of rotatable bonds is 8. The van der Waals surface area contributed by atoms with E-state index in [-0.39, 0.29) is 0 Å². The lowest BCUT2D eigenvalue weighted by Crippen LogP contribution is -2.36. The van der Waals surface area contributed by atoms with Crippen LogP contribution in [0, 0.1) is 5.92 Å². The number of hydrogen-bond donors (Lipinski definition) is 2. The molecule has 0 aliphatic carbocycles. The zero-order valence-corrected chi connectivity index (χ0v) is 13.3. The fraction of sp³-hybridized carbons (Fsp3) is 1.00. The van der Waals surface area contributed by atoms with Gasteiger partial charge in [0.15, 0.2) is 8.32 Å². The lowest BCUT2D eigenvalue weighted by Gasteiger charge is -2.25. The maximum atomic E-state index is 9.71. The lowest BCUT2D eigenvalue weighted by molar-refractivity contribution is -0.0536. The maximum Gasteiger partial charge on any atom is 0.183 e. The number of aliphatic hydroxyl groups excluding tert-OH is 1. The molecule has 0 saturated heterocycles. The topological polar surface area (TPSA) is 49.7 Å². The molecule has 17 heavy (non-hydrogen) atoms. The van der Waals surface area contributed by atoms with Gasteiger partial charge < -0.3 is 14.6 Å². The summed E-state index contributed by atoms with van der Waals surface area (Å²) in [5.74, 6) is 0.531. The van der Waals surface area contributed by atoms with Gasteiger partial charge in [-0.05, 0) is 58.7 Å². The van der Waals surface area contributed by atoms with E-state index in [1.807, 2.05) is 0 Å². The minimum Gasteiger partial charge on any atom is -0.418 e. The van der Waals surface area contributed by atoms with Crippen LogP contribution in [-0.4, -0.2) is 36.8 Å². The van der Waals surface area contributed by atoms with E-state index in [0.717, 1.165) is 19.4 Å². The molecular formula is C13H30O3Si. The predicted molar refractivity (Wildman–Crippen MR) is 74.6 cm³/mol. The highest BCUT2D eigenvalue weighted by Gasteiger charge is 2.24. The largest absolute Gasteiger partial charge is 0.418 e. The van der Waals surface area contributed by atoms with E-state index in [9.17, 15) is 10.2 Å². The van der Waals surface area contributed by atoms with Gasteiger partial charge in [-0.25, -0.2) is 0 Å². The smallest absolute Gasteiger partial charge is 0.183 e. The van der Waals surface area contributed by atoms with Gasteiger partial charge in [0.2, 0.25) is 0 Å². The van der Waals surface area contributed by atoms with Gasteiger partial charge >= 0.3 is 0 Å². The fourth-order valence-corrected chi connectivity index (χ4v) is 2.24. The van der Waals surface area contributed by atoms with Crippen molar-refractivity contribution in [3.05, 3.63) is 0 Å². The molecule has 0 aromatic carbocycles. The van der Waals surface area contributed by atoms with Crippen molar-refractivity contribution < 1.29 is 14.6 Å². The second-order valence-electron chi connectivity index (χ2n) is 6.60. The van der Waals surface area contributed by atoms with Crippen LogP contribution in [0.3, 0.4) is 0 Å². The Labute approximate surface area is 107 Å². The molecule has 0 aromatic heterocycles. The summed E-state index contributed by atoms with van der Waals surface area (Å²) in [6, 6.07) is 0. The van der Waals surface area contributed by atoms with Gasteiger partial charge in [-0.1, -0.05) is 6.92 Å². The van der Waals surface area contributed by atoms with E-state index in [1.54, 1.807) is 13.8 Å². The zero-order chi connectivity index (χ0) is 13.7. The van der Waals surface area contributed by atoms with E-state index in [0.29, 0.717) is 12.3 Å². The van der Waals surface area contributed by atoms with Crippen molar-refractivity contribution in [3.8, 4) is 0 Å². The van der Waals surface area contributed by atoms with Crippen LogP contribution in [0.2, 0.25) is 19.6 Å². The minimum absolute atomic E-state index is 0.531. The monoisotopic (exact) mass is 262 g/mol. The summed E-state index contributed by atoms with van der Waals surface area (Å²) in [5, 5.41) is 19.3. The van der Waals surface area contributed by atoms with Gasteiger partial charge in [0.05, 0.1) is 11.7 Å². The SMILES string of the molecule is CC(CCO[Si](C)(C)C)CCC(O)C(C)(C)O. The average Bonchev–Trinajstić information content (AvgIpc) is 2.10. The van der Waals surface area contributed by atoms with E-state index < -0.39 is 20.0 Å². The molecule has 2 unspecified atom stereocenters. The van der Waals surface area contributed by atoms with Gasteiger partial charge in [0, 0.05) is 6.61 Å². The Balaban J connectivity index is 3.70. The third-order valence-electron chi connectivity index (χ3n) is 2.89. The van der Waals surface area contributed by atoms with Gasteiger partial charge in [-0.2, -0.15) is 0 Å². The lowest BCUT2D eigenvalue weighted by atomic mass is 9.93. The Morgan fingerprint density at radius 1 is 1.12 bits per heavy atom. The first-order valence-corrected chi connectivity index (χ1v) is 9.97. The first kappa shape index (κ1) is 17.1. The summed E-state index contributed by atoms with van der Waals surface area (Å²) in [6.07, 6.45) is 1.98. The molecule has 2 atom stereocenters. The first-order chi connectivity index (χ1) is 7.52. The molecule has 0 fully saturated rings. The summed E-state index contributed by atoms with van der Waals surface area (Å²) < 4.78 is 5.80. The van der Waals surface area contributed by atoms with Crippen LogP contribution < -0.4 is 0 Å². The normalized spacial score (nSPS) is 16.9. The van der Waals surface area contributed by atoms with Crippen LogP contribution in [0.5, 0.6) is 0 Å². The highest BCUT2D eigenvalue weighted by Crippen LogP contribution is 2.19. The zero-order valence-electron chi connectivity index (χ0n) is 12.3. The Morgan fingerprint density at radius 2 is 1.65 bits per heavy atom. The van der Waals surface area contributed by atoms with Crippen LogP contribution >= 0.6 is 0 Å². The predicted octanol–water partition coefficient (Wildman–Crippen LogP) is 2.78. The van der Waals surface area contributed by atoms with Gasteiger partial charge in [-0.3, -0.25) is 0 Å². The molecule has 0 amide bonds. The van der Waals surface area contributed by atoms with E-state index in [4.69, 9.17) is 4.43 Å². The van der Waals surface area contributed by atoms with E-state index in [1.165, 1.54) is 0 Å². The third-order valence-corrected chi connectivity index (χ3v) is 3.96. The quantitative estimate of drug-likeness (QED) is 0.661. The molecule has 0 aromatic rings. The Morgan fingerprint density at radius 3 is 2.06 bits per heavy atom. The van der Waals surface area contributed by atoms with E-state index in [2.05, 4.69) is 26.6 Å². The molecule has 0 radical (unpaired) electrons. The second-order valence-corrected chi connectivity index (χ2v) is 11.1. The summed E-state index contributed by atoms with van der Waals surface area (Å²) in [6.45, 7) is 12.9. The maximum absolute atomic E-state index is 9.71. The second kappa shape index (κ2) is 6.88. The van der Waals surface area contributed by atoms with Crippen LogP contribution in [0.4, 0.5) is 0 Å².